The predicted octanol–water partition coefficient (Wildman–Crippen LogP) is 2.85. The third-order valence-corrected chi connectivity index (χ3v) is 5.15. The molecule has 1 aromatic carbocycles. The highest BCUT2D eigenvalue weighted by atomic mass is 16.6. The molecule has 142 valence electrons. The van der Waals surface area contributed by atoms with Gasteiger partial charge in [-0.1, -0.05) is 12.1 Å². The van der Waals surface area contributed by atoms with Gasteiger partial charge in [0.15, 0.2) is 11.5 Å². The van der Waals surface area contributed by atoms with Crippen LogP contribution in [-0.2, 0) is 4.79 Å². The summed E-state index contributed by atoms with van der Waals surface area (Å²) in [5.74, 6) is 2.68. The summed E-state index contributed by atoms with van der Waals surface area (Å²) in [6, 6.07) is 9.35. The van der Waals surface area contributed by atoms with Gasteiger partial charge in [-0.25, -0.2) is 0 Å². The molecule has 6 nitrogen and oxygen atoms in total. The molecule has 3 heterocycles. The number of hydrogen-bond donors (Lipinski definition) is 0. The van der Waals surface area contributed by atoms with Gasteiger partial charge < -0.3 is 19.1 Å². The number of para-hydroxylation sites is 2. The van der Waals surface area contributed by atoms with E-state index < -0.39 is 6.10 Å². The third-order valence-electron chi connectivity index (χ3n) is 5.15. The first-order valence-corrected chi connectivity index (χ1v) is 9.41. The molecule has 2 aliphatic rings. The van der Waals surface area contributed by atoms with E-state index in [9.17, 15) is 4.79 Å². The first-order chi connectivity index (χ1) is 13.2. The number of amides is 1. The molecule has 0 N–H and O–H groups in total. The molecular formula is C21H24N2O4. The summed E-state index contributed by atoms with van der Waals surface area (Å²) in [5, 5.41) is 0. The molecule has 1 saturated heterocycles. The topological polar surface area (TPSA) is 60.9 Å². The summed E-state index contributed by atoms with van der Waals surface area (Å²) < 4.78 is 17.5. The van der Waals surface area contributed by atoms with Crippen molar-refractivity contribution in [1.82, 2.24) is 9.88 Å². The smallest absolute Gasteiger partial charge is 0.267 e. The lowest BCUT2D eigenvalue weighted by atomic mass is 9.97. The molecule has 0 radical (unpaired) electrons. The second-order valence-electron chi connectivity index (χ2n) is 7.09. The van der Waals surface area contributed by atoms with Crippen molar-refractivity contribution in [1.29, 1.82) is 0 Å². The van der Waals surface area contributed by atoms with Crippen LogP contribution in [0.15, 0.2) is 42.7 Å². The number of carbonyl (C=O) groups is 1. The molecule has 1 fully saturated rings. The van der Waals surface area contributed by atoms with Crippen molar-refractivity contribution < 1.29 is 19.0 Å². The summed E-state index contributed by atoms with van der Waals surface area (Å²) >= 11 is 0. The van der Waals surface area contributed by atoms with Gasteiger partial charge in [0.05, 0.1) is 6.61 Å². The molecule has 4 rings (SSSR count). The highest BCUT2D eigenvalue weighted by Crippen LogP contribution is 2.31. The second-order valence-corrected chi connectivity index (χ2v) is 7.09. The molecule has 1 unspecified atom stereocenters. The molecule has 0 aliphatic carbocycles. The van der Waals surface area contributed by atoms with E-state index in [0.29, 0.717) is 24.0 Å². The standard InChI is InChI=1S/C21H24N2O4/c1-15-12-22-9-6-17(15)25-13-16-7-10-23(11-8-16)21(24)20-14-26-18-4-2-3-5-19(18)27-20/h2-6,9,12,16,20H,7-8,10-11,13-14H2,1H3. The van der Waals surface area contributed by atoms with Gasteiger partial charge >= 0.3 is 0 Å². The van der Waals surface area contributed by atoms with Crippen LogP contribution in [0.1, 0.15) is 18.4 Å². The summed E-state index contributed by atoms with van der Waals surface area (Å²) in [5.41, 5.74) is 1.04. The maximum atomic E-state index is 12.8. The van der Waals surface area contributed by atoms with Crippen LogP contribution in [0.4, 0.5) is 0 Å². The number of fused-ring (bicyclic) bond motifs is 1. The number of hydrogen-bond acceptors (Lipinski definition) is 5. The lowest BCUT2D eigenvalue weighted by molar-refractivity contribution is -0.142. The number of pyridine rings is 1. The zero-order chi connectivity index (χ0) is 18.6. The van der Waals surface area contributed by atoms with Crippen LogP contribution in [-0.4, -0.2) is 48.2 Å². The first kappa shape index (κ1) is 17.6. The predicted molar refractivity (Wildman–Crippen MR) is 100 cm³/mol. The molecule has 2 aliphatic heterocycles. The SMILES string of the molecule is Cc1cnccc1OCC1CCN(C(=O)C2COc3ccccc3O2)CC1. The summed E-state index contributed by atoms with van der Waals surface area (Å²) in [7, 11) is 0. The third kappa shape index (κ3) is 3.99. The van der Waals surface area contributed by atoms with Gasteiger partial charge in [0, 0.05) is 31.0 Å². The van der Waals surface area contributed by atoms with Crippen LogP contribution >= 0.6 is 0 Å². The van der Waals surface area contributed by atoms with Crippen molar-refractivity contribution in [3.8, 4) is 17.2 Å². The number of aromatic nitrogens is 1. The Morgan fingerprint density at radius 1 is 1.22 bits per heavy atom. The zero-order valence-corrected chi connectivity index (χ0v) is 15.5. The molecule has 6 heteroatoms. The normalized spacial score (nSPS) is 19.6. The first-order valence-electron chi connectivity index (χ1n) is 9.41. The fourth-order valence-corrected chi connectivity index (χ4v) is 3.50. The number of piperidine rings is 1. The lowest BCUT2D eigenvalue weighted by Gasteiger charge is -2.35. The van der Waals surface area contributed by atoms with Crippen molar-refractivity contribution in [2.45, 2.75) is 25.9 Å². The van der Waals surface area contributed by atoms with Crippen LogP contribution in [0, 0.1) is 12.8 Å². The van der Waals surface area contributed by atoms with Crippen LogP contribution in [0.25, 0.3) is 0 Å². The average molecular weight is 368 g/mol. The Kier molecular flexibility index (Phi) is 5.14. The van der Waals surface area contributed by atoms with Gasteiger partial charge in [-0.2, -0.15) is 0 Å². The quantitative estimate of drug-likeness (QED) is 0.830. The number of carbonyl (C=O) groups excluding carboxylic acids is 1. The van der Waals surface area contributed by atoms with Crippen molar-refractivity contribution in [3.63, 3.8) is 0 Å². The van der Waals surface area contributed by atoms with Gasteiger partial charge in [-0.05, 0) is 43.9 Å². The Bertz CT molecular complexity index is 802. The number of benzene rings is 1. The van der Waals surface area contributed by atoms with E-state index in [1.54, 1.807) is 12.4 Å². The molecule has 0 bridgehead atoms. The molecular weight excluding hydrogens is 344 g/mol. The molecule has 1 amide bonds. The molecule has 2 aromatic rings. The monoisotopic (exact) mass is 368 g/mol. The van der Waals surface area contributed by atoms with E-state index in [-0.39, 0.29) is 12.5 Å². The molecule has 0 spiro atoms. The Labute approximate surface area is 159 Å². The number of rotatable bonds is 4. The highest BCUT2D eigenvalue weighted by molar-refractivity contribution is 5.82. The van der Waals surface area contributed by atoms with Crippen LogP contribution < -0.4 is 14.2 Å². The number of aryl methyl sites for hydroxylation is 1. The van der Waals surface area contributed by atoms with E-state index in [0.717, 1.165) is 37.2 Å². The van der Waals surface area contributed by atoms with E-state index in [1.807, 2.05) is 42.2 Å². The summed E-state index contributed by atoms with van der Waals surface area (Å²) in [6.45, 7) is 4.38. The molecule has 27 heavy (non-hydrogen) atoms. The van der Waals surface area contributed by atoms with Gasteiger partial charge in [0.25, 0.3) is 5.91 Å². The van der Waals surface area contributed by atoms with E-state index >= 15 is 0 Å². The number of ether oxygens (including phenoxy) is 3. The maximum absolute atomic E-state index is 12.8. The van der Waals surface area contributed by atoms with Gasteiger partial charge in [-0.3, -0.25) is 9.78 Å². The van der Waals surface area contributed by atoms with Crippen LogP contribution in [0.3, 0.4) is 0 Å². The molecule has 0 saturated carbocycles. The second kappa shape index (κ2) is 7.86. The average Bonchev–Trinajstić information content (AvgIpc) is 2.73. The zero-order valence-electron chi connectivity index (χ0n) is 15.5. The van der Waals surface area contributed by atoms with E-state index in [1.165, 1.54) is 0 Å². The minimum atomic E-state index is -0.563. The molecule has 1 atom stereocenters. The Balaban J connectivity index is 1.27. The highest BCUT2D eigenvalue weighted by Gasteiger charge is 2.33. The van der Waals surface area contributed by atoms with Gasteiger partial charge in [0.2, 0.25) is 6.10 Å². The van der Waals surface area contributed by atoms with Crippen LogP contribution in [0.2, 0.25) is 0 Å². The Morgan fingerprint density at radius 3 is 2.78 bits per heavy atom. The van der Waals surface area contributed by atoms with Crippen molar-refractivity contribution in [3.05, 3.63) is 48.3 Å². The van der Waals surface area contributed by atoms with Crippen LogP contribution in [0.5, 0.6) is 17.2 Å². The number of nitrogens with zero attached hydrogens (tertiary/aromatic N) is 2. The van der Waals surface area contributed by atoms with Gasteiger partial charge in [-0.15, -0.1) is 0 Å². The van der Waals surface area contributed by atoms with E-state index in [2.05, 4.69) is 4.98 Å². The van der Waals surface area contributed by atoms with Crippen molar-refractivity contribution >= 4 is 5.91 Å². The largest absolute Gasteiger partial charge is 0.493 e. The maximum Gasteiger partial charge on any atom is 0.267 e. The summed E-state index contributed by atoms with van der Waals surface area (Å²) in [4.78, 5) is 18.7. The fraction of sp³-hybridized carbons (Fsp3) is 0.429. The Morgan fingerprint density at radius 2 is 2.00 bits per heavy atom. The Hall–Kier alpha value is -2.76. The lowest BCUT2D eigenvalue weighted by Crippen LogP contribution is -2.49. The minimum Gasteiger partial charge on any atom is -0.493 e. The van der Waals surface area contributed by atoms with Crippen molar-refractivity contribution in [2.24, 2.45) is 5.92 Å². The molecule has 1 aromatic heterocycles. The minimum absolute atomic E-state index is 0.00819. The fourth-order valence-electron chi connectivity index (χ4n) is 3.50. The number of likely N-dealkylation sites (tertiary alicyclic amines) is 1. The van der Waals surface area contributed by atoms with E-state index in [4.69, 9.17) is 14.2 Å². The van der Waals surface area contributed by atoms with Gasteiger partial charge in [0.1, 0.15) is 12.4 Å². The summed E-state index contributed by atoms with van der Waals surface area (Å²) in [6.07, 6.45) is 4.85. The van der Waals surface area contributed by atoms with Crippen molar-refractivity contribution in [2.75, 3.05) is 26.3 Å².